The zero-order valence-electron chi connectivity index (χ0n) is 9.92. The maximum atomic E-state index is 9.55. The monoisotopic (exact) mass is 240 g/mol. The molecule has 0 aliphatic heterocycles. The summed E-state index contributed by atoms with van der Waals surface area (Å²) < 4.78 is 1.63. The van der Waals surface area contributed by atoms with Gasteiger partial charge in [-0.1, -0.05) is 5.21 Å². The molecule has 1 fully saturated rings. The van der Waals surface area contributed by atoms with Crippen LogP contribution in [0.1, 0.15) is 31.4 Å². The summed E-state index contributed by atoms with van der Waals surface area (Å²) in [5.41, 5.74) is 0.874. The molecule has 6 nitrogen and oxygen atoms in total. The third kappa shape index (κ3) is 3.76. The van der Waals surface area contributed by atoms with Gasteiger partial charge >= 0.3 is 0 Å². The molecule has 0 amide bonds. The van der Waals surface area contributed by atoms with Gasteiger partial charge in [0.15, 0.2) is 0 Å². The van der Waals surface area contributed by atoms with Gasteiger partial charge in [-0.15, -0.1) is 5.10 Å². The summed E-state index contributed by atoms with van der Waals surface area (Å²) in [6, 6.07) is 0.377. The molecule has 0 bridgehead atoms. The van der Waals surface area contributed by atoms with E-state index in [2.05, 4.69) is 15.6 Å². The van der Waals surface area contributed by atoms with E-state index in [4.69, 9.17) is 5.11 Å². The lowest BCUT2D eigenvalue weighted by atomic mass is 9.93. The van der Waals surface area contributed by atoms with Crippen LogP contribution in [0.25, 0.3) is 0 Å². The first-order chi connectivity index (χ1) is 8.28. The second kappa shape index (κ2) is 6.09. The van der Waals surface area contributed by atoms with Crippen molar-refractivity contribution in [1.82, 2.24) is 20.3 Å². The molecule has 1 aromatic rings. The molecule has 1 saturated carbocycles. The highest BCUT2D eigenvalue weighted by Gasteiger charge is 2.19. The Hall–Kier alpha value is -0.980. The summed E-state index contributed by atoms with van der Waals surface area (Å²) in [6.45, 7) is 1.23. The predicted molar refractivity (Wildman–Crippen MR) is 62.2 cm³/mol. The van der Waals surface area contributed by atoms with Gasteiger partial charge in [0.1, 0.15) is 0 Å². The van der Waals surface area contributed by atoms with Gasteiger partial charge in [-0.05, 0) is 25.7 Å². The molecule has 96 valence electrons. The van der Waals surface area contributed by atoms with Gasteiger partial charge in [-0.3, -0.25) is 0 Å². The zero-order valence-corrected chi connectivity index (χ0v) is 9.92. The topological polar surface area (TPSA) is 83.2 Å². The van der Waals surface area contributed by atoms with Gasteiger partial charge in [-0.25, -0.2) is 4.68 Å². The SMILES string of the molecule is OCCn1cc(CNC2CCCC(O)C2)nn1. The Morgan fingerprint density at radius 1 is 1.47 bits per heavy atom. The molecule has 2 unspecified atom stereocenters. The van der Waals surface area contributed by atoms with E-state index >= 15 is 0 Å². The molecule has 0 aromatic carbocycles. The summed E-state index contributed by atoms with van der Waals surface area (Å²) in [5.74, 6) is 0. The lowest BCUT2D eigenvalue weighted by Gasteiger charge is -2.26. The minimum absolute atomic E-state index is 0.0745. The average Bonchev–Trinajstić information content (AvgIpc) is 2.75. The molecule has 3 N–H and O–H groups in total. The number of aliphatic hydroxyl groups is 2. The molecule has 0 spiro atoms. The van der Waals surface area contributed by atoms with Crippen molar-refractivity contribution >= 4 is 0 Å². The van der Waals surface area contributed by atoms with Gasteiger partial charge in [0.2, 0.25) is 0 Å². The molecule has 2 rings (SSSR count). The lowest BCUT2D eigenvalue weighted by molar-refractivity contribution is 0.111. The smallest absolute Gasteiger partial charge is 0.0964 e. The Morgan fingerprint density at radius 3 is 3.12 bits per heavy atom. The minimum Gasteiger partial charge on any atom is -0.394 e. The maximum Gasteiger partial charge on any atom is 0.0964 e. The van der Waals surface area contributed by atoms with Crippen molar-refractivity contribution in [3.05, 3.63) is 11.9 Å². The van der Waals surface area contributed by atoms with E-state index in [1.165, 1.54) is 0 Å². The second-order valence-corrected chi connectivity index (χ2v) is 4.59. The van der Waals surface area contributed by atoms with Gasteiger partial charge in [-0.2, -0.15) is 0 Å². The van der Waals surface area contributed by atoms with Crippen LogP contribution < -0.4 is 5.32 Å². The molecule has 0 radical (unpaired) electrons. The first-order valence-corrected chi connectivity index (χ1v) is 6.19. The molecule has 1 aliphatic rings. The number of hydrogen-bond donors (Lipinski definition) is 3. The van der Waals surface area contributed by atoms with Crippen molar-refractivity contribution in [2.75, 3.05) is 6.61 Å². The summed E-state index contributed by atoms with van der Waals surface area (Å²) in [6.07, 6.45) is 5.61. The van der Waals surface area contributed by atoms with E-state index in [0.29, 0.717) is 19.1 Å². The van der Waals surface area contributed by atoms with Crippen LogP contribution >= 0.6 is 0 Å². The first-order valence-electron chi connectivity index (χ1n) is 6.19. The van der Waals surface area contributed by atoms with Crippen molar-refractivity contribution < 1.29 is 10.2 Å². The van der Waals surface area contributed by atoms with Crippen LogP contribution in [-0.2, 0) is 13.1 Å². The normalized spacial score (nSPS) is 25.1. The fourth-order valence-corrected chi connectivity index (χ4v) is 2.23. The standard InChI is InChI=1S/C11H20N4O2/c16-5-4-15-8-10(13-14-15)7-12-9-2-1-3-11(17)6-9/h8-9,11-12,16-17H,1-7H2. The Balaban J connectivity index is 1.76. The molecule has 1 aromatic heterocycles. The van der Waals surface area contributed by atoms with Gasteiger partial charge in [0, 0.05) is 18.8 Å². The van der Waals surface area contributed by atoms with Crippen molar-refractivity contribution in [3.63, 3.8) is 0 Å². The lowest BCUT2D eigenvalue weighted by Crippen LogP contribution is -2.35. The minimum atomic E-state index is -0.161. The van der Waals surface area contributed by atoms with Crippen LogP contribution in [0.5, 0.6) is 0 Å². The van der Waals surface area contributed by atoms with E-state index < -0.39 is 0 Å². The number of nitrogens with zero attached hydrogens (tertiary/aromatic N) is 3. The fourth-order valence-electron chi connectivity index (χ4n) is 2.23. The summed E-state index contributed by atoms with van der Waals surface area (Å²) in [5, 5.41) is 29.6. The second-order valence-electron chi connectivity index (χ2n) is 4.59. The van der Waals surface area contributed by atoms with E-state index in [1.54, 1.807) is 4.68 Å². The number of hydrogen-bond acceptors (Lipinski definition) is 5. The molecule has 1 heterocycles. The number of rotatable bonds is 5. The summed E-state index contributed by atoms with van der Waals surface area (Å²) in [4.78, 5) is 0. The molecule has 2 atom stereocenters. The van der Waals surface area contributed by atoms with Crippen LogP contribution in [0, 0.1) is 0 Å². The molecule has 1 aliphatic carbocycles. The van der Waals surface area contributed by atoms with Crippen LogP contribution in [0.3, 0.4) is 0 Å². The van der Waals surface area contributed by atoms with Gasteiger partial charge < -0.3 is 15.5 Å². The highest BCUT2D eigenvalue weighted by atomic mass is 16.3. The maximum absolute atomic E-state index is 9.55. The Kier molecular flexibility index (Phi) is 4.47. The molecular weight excluding hydrogens is 220 g/mol. The number of aliphatic hydroxyl groups excluding tert-OH is 2. The summed E-state index contributed by atoms with van der Waals surface area (Å²) >= 11 is 0. The van der Waals surface area contributed by atoms with Gasteiger partial charge in [0.05, 0.1) is 24.9 Å². The van der Waals surface area contributed by atoms with E-state index in [9.17, 15) is 5.11 Å². The number of nitrogens with one attached hydrogen (secondary N) is 1. The van der Waals surface area contributed by atoms with Crippen molar-refractivity contribution in [2.45, 2.75) is 50.9 Å². The number of aromatic nitrogens is 3. The largest absolute Gasteiger partial charge is 0.394 e. The quantitative estimate of drug-likeness (QED) is 0.656. The van der Waals surface area contributed by atoms with Crippen LogP contribution in [-0.4, -0.2) is 44.0 Å². The Bertz CT molecular complexity index is 342. The Labute approximate surface area is 101 Å². The average molecular weight is 240 g/mol. The first kappa shape index (κ1) is 12.5. The van der Waals surface area contributed by atoms with E-state index in [0.717, 1.165) is 31.4 Å². The summed E-state index contributed by atoms with van der Waals surface area (Å²) in [7, 11) is 0. The fraction of sp³-hybridized carbons (Fsp3) is 0.818. The predicted octanol–water partition coefficient (Wildman–Crippen LogP) is -0.337. The highest BCUT2D eigenvalue weighted by molar-refractivity contribution is 4.92. The third-order valence-electron chi connectivity index (χ3n) is 3.13. The van der Waals surface area contributed by atoms with Crippen LogP contribution in [0.4, 0.5) is 0 Å². The van der Waals surface area contributed by atoms with Crippen molar-refractivity contribution in [1.29, 1.82) is 0 Å². The molecule has 0 saturated heterocycles. The van der Waals surface area contributed by atoms with Crippen LogP contribution in [0.2, 0.25) is 0 Å². The van der Waals surface area contributed by atoms with Gasteiger partial charge in [0.25, 0.3) is 0 Å². The Morgan fingerprint density at radius 2 is 2.35 bits per heavy atom. The van der Waals surface area contributed by atoms with Crippen LogP contribution in [0.15, 0.2) is 6.20 Å². The van der Waals surface area contributed by atoms with Crippen molar-refractivity contribution in [3.8, 4) is 0 Å². The van der Waals surface area contributed by atoms with E-state index in [-0.39, 0.29) is 12.7 Å². The molecule has 6 heteroatoms. The molecular formula is C11H20N4O2. The highest BCUT2D eigenvalue weighted by Crippen LogP contribution is 2.18. The van der Waals surface area contributed by atoms with E-state index in [1.807, 2.05) is 6.20 Å². The third-order valence-corrected chi connectivity index (χ3v) is 3.13. The van der Waals surface area contributed by atoms with Crippen molar-refractivity contribution in [2.24, 2.45) is 0 Å². The molecule has 17 heavy (non-hydrogen) atoms. The zero-order chi connectivity index (χ0) is 12.1.